The zero-order valence-corrected chi connectivity index (χ0v) is 9.99. The molecule has 1 spiro atoms. The molecule has 1 nitrogen and oxygen atoms in total. The van der Waals surface area contributed by atoms with E-state index in [1.807, 2.05) is 12.3 Å². The number of rotatable bonds is 1. The fraction of sp³-hybridized carbons (Fsp3) is 0.667. The maximum atomic E-state index is 4.62. The van der Waals surface area contributed by atoms with Crippen LogP contribution in [0.1, 0.15) is 63.0 Å². The molecule has 0 saturated heterocycles. The average Bonchev–Trinajstić information content (AvgIpc) is 2.80. The Balaban J connectivity index is 1.91. The quantitative estimate of drug-likeness (QED) is 0.680. The van der Waals surface area contributed by atoms with Crippen molar-refractivity contribution < 1.29 is 0 Å². The van der Waals surface area contributed by atoms with E-state index in [1.165, 1.54) is 57.1 Å². The summed E-state index contributed by atoms with van der Waals surface area (Å²) in [4.78, 5) is 4.62. The molecular formula is C15H21N. The van der Waals surface area contributed by atoms with Crippen molar-refractivity contribution in [1.82, 2.24) is 4.98 Å². The van der Waals surface area contributed by atoms with E-state index >= 15 is 0 Å². The van der Waals surface area contributed by atoms with Gasteiger partial charge in [0.25, 0.3) is 0 Å². The summed E-state index contributed by atoms with van der Waals surface area (Å²) in [5.74, 6) is 0.755. The van der Waals surface area contributed by atoms with E-state index < -0.39 is 0 Å². The van der Waals surface area contributed by atoms with Gasteiger partial charge in [0.05, 0.1) is 0 Å². The van der Waals surface area contributed by atoms with Gasteiger partial charge in [-0.05, 0) is 43.2 Å². The molecule has 1 unspecified atom stereocenters. The zero-order chi connectivity index (χ0) is 10.8. The maximum Gasteiger partial charge on any atom is 0.0440 e. The standard InChI is InChI=1S/C15H21N/c1-3-9-15(10-4-5-11-15)13(7-1)14-8-2-6-12-16-14/h2,6,8,12-13H,1,3-5,7,9-11H2. The van der Waals surface area contributed by atoms with Gasteiger partial charge in [-0.3, -0.25) is 4.98 Å². The number of hydrogen-bond donors (Lipinski definition) is 0. The molecule has 2 fully saturated rings. The van der Waals surface area contributed by atoms with E-state index in [0.717, 1.165) is 5.92 Å². The Labute approximate surface area is 98.3 Å². The van der Waals surface area contributed by atoms with Crippen LogP contribution in [0.25, 0.3) is 0 Å². The Bertz CT molecular complexity index is 338. The van der Waals surface area contributed by atoms with Crippen LogP contribution in [0.15, 0.2) is 24.4 Å². The van der Waals surface area contributed by atoms with Crippen molar-refractivity contribution in [2.24, 2.45) is 5.41 Å². The number of nitrogens with zero attached hydrogens (tertiary/aromatic N) is 1. The monoisotopic (exact) mass is 215 g/mol. The summed E-state index contributed by atoms with van der Waals surface area (Å²) in [5.41, 5.74) is 2.00. The second kappa shape index (κ2) is 4.20. The van der Waals surface area contributed by atoms with Crippen molar-refractivity contribution in [2.45, 2.75) is 57.3 Å². The molecule has 0 amide bonds. The molecule has 0 bridgehead atoms. The van der Waals surface area contributed by atoms with E-state index in [0.29, 0.717) is 5.41 Å². The first kappa shape index (κ1) is 10.3. The highest BCUT2D eigenvalue weighted by Gasteiger charge is 2.43. The zero-order valence-electron chi connectivity index (χ0n) is 9.99. The van der Waals surface area contributed by atoms with Gasteiger partial charge in [0.15, 0.2) is 0 Å². The van der Waals surface area contributed by atoms with E-state index in [2.05, 4.69) is 17.1 Å². The lowest BCUT2D eigenvalue weighted by Gasteiger charge is -2.41. The van der Waals surface area contributed by atoms with Gasteiger partial charge in [-0.2, -0.15) is 0 Å². The van der Waals surface area contributed by atoms with Crippen molar-refractivity contribution in [1.29, 1.82) is 0 Å². The van der Waals surface area contributed by atoms with Crippen LogP contribution in [0.5, 0.6) is 0 Å². The molecule has 1 aromatic rings. The number of aromatic nitrogens is 1. The molecule has 0 radical (unpaired) electrons. The Morgan fingerprint density at radius 1 is 1.00 bits per heavy atom. The molecule has 1 atom stereocenters. The first-order valence-electron chi connectivity index (χ1n) is 6.82. The van der Waals surface area contributed by atoms with E-state index in [-0.39, 0.29) is 0 Å². The first-order valence-corrected chi connectivity index (χ1v) is 6.82. The summed E-state index contributed by atoms with van der Waals surface area (Å²) in [5, 5.41) is 0. The molecule has 2 saturated carbocycles. The topological polar surface area (TPSA) is 12.9 Å². The van der Waals surface area contributed by atoms with Crippen LogP contribution in [-0.2, 0) is 0 Å². The Morgan fingerprint density at radius 2 is 1.75 bits per heavy atom. The summed E-state index contributed by atoms with van der Waals surface area (Å²) in [6, 6.07) is 6.43. The summed E-state index contributed by atoms with van der Waals surface area (Å²) in [6.45, 7) is 0. The normalized spacial score (nSPS) is 28.4. The first-order chi connectivity index (χ1) is 7.91. The molecule has 0 N–H and O–H groups in total. The number of pyridine rings is 1. The molecule has 1 aromatic heterocycles. The Morgan fingerprint density at radius 3 is 2.44 bits per heavy atom. The molecule has 2 aliphatic carbocycles. The van der Waals surface area contributed by atoms with Crippen molar-refractivity contribution in [3.8, 4) is 0 Å². The summed E-state index contributed by atoms with van der Waals surface area (Å²) >= 11 is 0. The third-order valence-electron chi connectivity index (χ3n) is 4.80. The van der Waals surface area contributed by atoms with Crippen molar-refractivity contribution >= 4 is 0 Å². The average molecular weight is 215 g/mol. The third kappa shape index (κ3) is 1.66. The summed E-state index contributed by atoms with van der Waals surface area (Å²) in [6.07, 6.45) is 13.4. The molecule has 0 aliphatic heterocycles. The SMILES string of the molecule is c1ccc(C2CCCCC23CCCC3)nc1. The largest absolute Gasteiger partial charge is 0.261 e. The molecule has 2 aliphatic rings. The predicted molar refractivity (Wildman–Crippen MR) is 66.3 cm³/mol. The van der Waals surface area contributed by atoms with Crippen LogP contribution in [0, 0.1) is 5.41 Å². The van der Waals surface area contributed by atoms with E-state index in [1.54, 1.807) is 0 Å². The minimum absolute atomic E-state index is 0.632. The summed E-state index contributed by atoms with van der Waals surface area (Å²) < 4.78 is 0. The van der Waals surface area contributed by atoms with Crippen LogP contribution < -0.4 is 0 Å². The molecule has 0 aromatic carbocycles. The minimum atomic E-state index is 0.632. The maximum absolute atomic E-state index is 4.62. The Hall–Kier alpha value is -0.850. The van der Waals surface area contributed by atoms with Gasteiger partial charge in [-0.1, -0.05) is 31.7 Å². The van der Waals surface area contributed by atoms with Gasteiger partial charge in [0.1, 0.15) is 0 Å². The minimum Gasteiger partial charge on any atom is -0.261 e. The third-order valence-corrected chi connectivity index (χ3v) is 4.80. The molecule has 1 heteroatoms. The van der Waals surface area contributed by atoms with Crippen molar-refractivity contribution in [3.63, 3.8) is 0 Å². The van der Waals surface area contributed by atoms with Gasteiger partial charge in [-0.25, -0.2) is 0 Å². The predicted octanol–water partition coefficient (Wildman–Crippen LogP) is 4.30. The lowest BCUT2D eigenvalue weighted by Crippen LogP contribution is -2.29. The van der Waals surface area contributed by atoms with Gasteiger partial charge in [-0.15, -0.1) is 0 Å². The second-order valence-electron chi connectivity index (χ2n) is 5.62. The van der Waals surface area contributed by atoms with Crippen molar-refractivity contribution in [2.75, 3.05) is 0 Å². The highest BCUT2D eigenvalue weighted by molar-refractivity contribution is 5.16. The van der Waals surface area contributed by atoms with Gasteiger partial charge >= 0.3 is 0 Å². The van der Waals surface area contributed by atoms with Crippen LogP contribution in [-0.4, -0.2) is 4.98 Å². The molecule has 1 heterocycles. The van der Waals surface area contributed by atoms with Gasteiger partial charge in [0, 0.05) is 17.8 Å². The molecular weight excluding hydrogens is 194 g/mol. The number of hydrogen-bond acceptors (Lipinski definition) is 1. The highest BCUT2D eigenvalue weighted by atomic mass is 14.7. The molecule has 86 valence electrons. The molecule has 16 heavy (non-hydrogen) atoms. The van der Waals surface area contributed by atoms with Crippen LogP contribution in [0.3, 0.4) is 0 Å². The second-order valence-corrected chi connectivity index (χ2v) is 5.62. The summed E-state index contributed by atoms with van der Waals surface area (Å²) in [7, 11) is 0. The van der Waals surface area contributed by atoms with E-state index in [4.69, 9.17) is 0 Å². The van der Waals surface area contributed by atoms with Gasteiger partial charge < -0.3 is 0 Å². The highest BCUT2D eigenvalue weighted by Crippen LogP contribution is 2.56. The van der Waals surface area contributed by atoms with E-state index in [9.17, 15) is 0 Å². The van der Waals surface area contributed by atoms with Crippen LogP contribution >= 0.6 is 0 Å². The van der Waals surface area contributed by atoms with Crippen LogP contribution in [0.4, 0.5) is 0 Å². The fourth-order valence-corrected chi connectivity index (χ4v) is 4.03. The molecule has 3 rings (SSSR count). The lowest BCUT2D eigenvalue weighted by atomic mass is 9.64. The fourth-order valence-electron chi connectivity index (χ4n) is 4.03. The smallest absolute Gasteiger partial charge is 0.0440 e. The van der Waals surface area contributed by atoms with Crippen molar-refractivity contribution in [3.05, 3.63) is 30.1 Å². The Kier molecular flexibility index (Phi) is 2.70. The van der Waals surface area contributed by atoms with Gasteiger partial charge in [0.2, 0.25) is 0 Å². The van der Waals surface area contributed by atoms with Crippen LogP contribution in [0.2, 0.25) is 0 Å². The lowest BCUT2D eigenvalue weighted by molar-refractivity contribution is 0.154.